The molecule has 11 heteroatoms. The molecule has 0 saturated carbocycles. The Kier molecular flexibility index (Phi) is 6.14. The minimum absolute atomic E-state index is 0.00532. The normalized spacial score (nSPS) is 12.8. The van der Waals surface area contributed by atoms with Crippen LogP contribution in [0, 0.1) is 22.5 Å². The number of methoxy groups -OCH3 is 1. The van der Waals surface area contributed by atoms with Crippen molar-refractivity contribution in [2.75, 3.05) is 7.11 Å². The SMILES string of the molecule is COC(=NC(=N)c1cnc2ccc(C(C=N)=C(N)c3c(F)cccc3F)cn12)C(F)F. The van der Waals surface area contributed by atoms with Gasteiger partial charge in [-0.25, -0.2) is 13.8 Å². The Morgan fingerprint density at radius 1 is 1.23 bits per heavy atom. The van der Waals surface area contributed by atoms with Crippen LogP contribution in [0.3, 0.4) is 0 Å². The maximum Gasteiger partial charge on any atom is 0.312 e. The first-order valence-electron chi connectivity index (χ1n) is 8.70. The second kappa shape index (κ2) is 8.78. The number of hydrogen-bond donors (Lipinski definition) is 3. The number of allylic oxidation sites excluding steroid dienone is 1. The number of rotatable bonds is 5. The van der Waals surface area contributed by atoms with Gasteiger partial charge in [0.05, 0.1) is 24.6 Å². The van der Waals surface area contributed by atoms with E-state index in [1.165, 1.54) is 35.0 Å². The predicted molar refractivity (Wildman–Crippen MR) is 109 cm³/mol. The van der Waals surface area contributed by atoms with Crippen LogP contribution in [0.15, 0.2) is 47.7 Å². The Hall–Kier alpha value is -4.02. The summed E-state index contributed by atoms with van der Waals surface area (Å²) in [6.45, 7) is 0. The molecule has 3 aromatic rings. The molecule has 0 aliphatic carbocycles. The van der Waals surface area contributed by atoms with Crippen molar-refractivity contribution in [2.45, 2.75) is 6.43 Å². The summed E-state index contributed by atoms with van der Waals surface area (Å²) in [6, 6.07) is 6.30. The van der Waals surface area contributed by atoms with Crippen LogP contribution in [0.1, 0.15) is 16.8 Å². The van der Waals surface area contributed by atoms with Gasteiger partial charge >= 0.3 is 6.43 Å². The van der Waals surface area contributed by atoms with Crippen molar-refractivity contribution >= 4 is 34.9 Å². The summed E-state index contributed by atoms with van der Waals surface area (Å²) < 4.78 is 59.9. The van der Waals surface area contributed by atoms with Crippen LogP contribution in [0.2, 0.25) is 0 Å². The highest BCUT2D eigenvalue weighted by atomic mass is 19.3. The molecule has 0 radical (unpaired) electrons. The lowest BCUT2D eigenvalue weighted by Crippen LogP contribution is -2.16. The Morgan fingerprint density at radius 2 is 1.90 bits per heavy atom. The van der Waals surface area contributed by atoms with E-state index >= 15 is 0 Å². The third-order valence-corrected chi connectivity index (χ3v) is 4.34. The molecule has 2 heterocycles. The highest BCUT2D eigenvalue weighted by Gasteiger charge is 2.19. The first-order chi connectivity index (χ1) is 14.8. The fourth-order valence-electron chi connectivity index (χ4n) is 2.87. The lowest BCUT2D eigenvalue weighted by atomic mass is 10.0. The number of halogens is 4. The zero-order chi connectivity index (χ0) is 22.7. The molecule has 0 fully saturated rings. The number of nitrogens with one attached hydrogen (secondary N) is 2. The minimum atomic E-state index is -3.01. The average molecular weight is 432 g/mol. The van der Waals surface area contributed by atoms with Crippen LogP contribution in [-0.4, -0.2) is 40.9 Å². The molecule has 7 nitrogen and oxygen atoms in total. The predicted octanol–water partition coefficient (Wildman–Crippen LogP) is 3.72. The summed E-state index contributed by atoms with van der Waals surface area (Å²) in [6.07, 6.45) is 0.477. The molecule has 0 unspecified atom stereocenters. The Labute approximate surface area is 173 Å². The summed E-state index contributed by atoms with van der Waals surface area (Å²) in [5.74, 6) is -3.27. The summed E-state index contributed by atoms with van der Waals surface area (Å²) in [7, 11) is 1.01. The maximum absolute atomic E-state index is 14.1. The van der Waals surface area contributed by atoms with Crippen molar-refractivity contribution in [2.24, 2.45) is 10.7 Å². The average Bonchev–Trinajstić information content (AvgIpc) is 3.15. The van der Waals surface area contributed by atoms with Gasteiger partial charge in [0.1, 0.15) is 23.0 Å². The van der Waals surface area contributed by atoms with Crippen molar-refractivity contribution in [3.8, 4) is 0 Å². The van der Waals surface area contributed by atoms with E-state index < -0.39 is 35.4 Å². The van der Waals surface area contributed by atoms with E-state index in [0.29, 0.717) is 5.65 Å². The van der Waals surface area contributed by atoms with Gasteiger partial charge in [-0.3, -0.25) is 9.81 Å². The molecule has 0 aliphatic heterocycles. The zero-order valence-electron chi connectivity index (χ0n) is 16.0. The van der Waals surface area contributed by atoms with Crippen molar-refractivity contribution < 1.29 is 22.3 Å². The third kappa shape index (κ3) is 4.15. The van der Waals surface area contributed by atoms with Crippen molar-refractivity contribution in [1.29, 1.82) is 10.8 Å². The van der Waals surface area contributed by atoms with E-state index in [9.17, 15) is 17.6 Å². The number of ether oxygens (including phenoxy) is 1. The molecule has 0 bridgehead atoms. The molecule has 3 rings (SSSR count). The Balaban J connectivity index is 2.15. The number of aliphatic imine (C=N–C) groups is 1. The number of imidazole rings is 1. The highest BCUT2D eigenvalue weighted by molar-refractivity contribution is 6.17. The van der Waals surface area contributed by atoms with Crippen molar-refractivity contribution in [3.05, 3.63) is 71.2 Å². The van der Waals surface area contributed by atoms with Crippen LogP contribution in [-0.2, 0) is 4.74 Å². The second-order valence-corrected chi connectivity index (χ2v) is 6.16. The van der Waals surface area contributed by atoms with Crippen LogP contribution in [0.25, 0.3) is 16.9 Å². The number of pyridine rings is 1. The first kappa shape index (κ1) is 21.7. The standard InChI is InChI=1S/C20H16F4N6O/c1-31-20(18(23)24)29-19(27)14-8-28-15-6-5-10(9-30(14)15)11(7-25)17(26)16-12(21)3-2-4-13(16)22/h2-9,18,25,27H,26H2,1H3. The van der Waals surface area contributed by atoms with Crippen LogP contribution in [0.5, 0.6) is 0 Å². The molecule has 2 aromatic heterocycles. The van der Waals surface area contributed by atoms with E-state index in [1.54, 1.807) is 0 Å². The molecule has 0 spiro atoms. The Bertz CT molecular complexity index is 1210. The van der Waals surface area contributed by atoms with Gasteiger partial charge < -0.3 is 15.9 Å². The van der Waals surface area contributed by atoms with Gasteiger partial charge in [-0.05, 0) is 24.3 Å². The minimum Gasteiger partial charge on any atom is -0.480 e. The van der Waals surface area contributed by atoms with Gasteiger partial charge in [0.2, 0.25) is 0 Å². The number of hydrogen-bond acceptors (Lipinski definition) is 5. The molecular formula is C20H16F4N6O. The summed E-state index contributed by atoms with van der Waals surface area (Å²) in [4.78, 5) is 7.55. The van der Waals surface area contributed by atoms with Gasteiger partial charge in [0.15, 0.2) is 5.84 Å². The molecule has 0 aliphatic rings. The van der Waals surface area contributed by atoms with E-state index in [-0.39, 0.29) is 22.5 Å². The molecular weight excluding hydrogens is 416 g/mol. The smallest absolute Gasteiger partial charge is 0.312 e. The number of amidine groups is 1. The van der Waals surface area contributed by atoms with Gasteiger partial charge in [-0.1, -0.05) is 6.07 Å². The number of nitrogens with two attached hydrogens (primary N) is 1. The summed E-state index contributed by atoms with van der Waals surface area (Å²) in [5, 5.41) is 15.7. The molecule has 0 amide bonds. The van der Waals surface area contributed by atoms with Gasteiger partial charge in [0, 0.05) is 23.5 Å². The Morgan fingerprint density at radius 3 is 2.48 bits per heavy atom. The van der Waals surface area contributed by atoms with Gasteiger partial charge in [0.25, 0.3) is 5.90 Å². The molecule has 160 valence electrons. The first-order valence-corrected chi connectivity index (χ1v) is 8.70. The number of aromatic nitrogens is 2. The largest absolute Gasteiger partial charge is 0.480 e. The zero-order valence-corrected chi connectivity index (χ0v) is 16.0. The van der Waals surface area contributed by atoms with Crippen LogP contribution < -0.4 is 5.73 Å². The van der Waals surface area contributed by atoms with Crippen LogP contribution >= 0.6 is 0 Å². The fourth-order valence-corrected chi connectivity index (χ4v) is 2.87. The van der Waals surface area contributed by atoms with Crippen molar-refractivity contribution in [1.82, 2.24) is 9.38 Å². The molecule has 31 heavy (non-hydrogen) atoms. The number of alkyl halides is 2. The number of fused-ring (bicyclic) bond motifs is 1. The van der Waals surface area contributed by atoms with E-state index in [4.69, 9.17) is 16.6 Å². The van der Waals surface area contributed by atoms with E-state index in [0.717, 1.165) is 25.5 Å². The van der Waals surface area contributed by atoms with Gasteiger partial charge in [-0.2, -0.15) is 13.8 Å². The summed E-state index contributed by atoms with van der Waals surface area (Å²) >= 11 is 0. The van der Waals surface area contributed by atoms with E-state index in [1.807, 2.05) is 0 Å². The van der Waals surface area contributed by atoms with Crippen LogP contribution in [0.4, 0.5) is 17.6 Å². The van der Waals surface area contributed by atoms with Gasteiger partial charge in [-0.15, -0.1) is 0 Å². The lowest BCUT2D eigenvalue weighted by molar-refractivity contribution is 0.185. The molecule has 4 N–H and O–H groups in total. The molecule has 1 aromatic carbocycles. The highest BCUT2D eigenvalue weighted by Crippen LogP contribution is 2.26. The fraction of sp³-hybridized carbons (Fsp3) is 0.100. The lowest BCUT2D eigenvalue weighted by Gasteiger charge is -2.11. The molecule has 0 atom stereocenters. The topological polar surface area (TPSA) is 113 Å². The molecule has 0 saturated heterocycles. The third-order valence-electron chi connectivity index (χ3n) is 4.34. The van der Waals surface area contributed by atoms with E-state index in [2.05, 4.69) is 14.7 Å². The summed E-state index contributed by atoms with van der Waals surface area (Å²) in [5.41, 5.74) is 5.86. The quantitative estimate of drug-likeness (QED) is 0.324. The number of nitrogens with zero attached hydrogens (tertiary/aromatic N) is 3. The van der Waals surface area contributed by atoms with Crippen molar-refractivity contribution in [3.63, 3.8) is 0 Å². The monoisotopic (exact) mass is 432 g/mol. The second-order valence-electron chi connectivity index (χ2n) is 6.16. The maximum atomic E-state index is 14.1. The number of benzene rings is 1.